The first-order chi connectivity index (χ1) is 12.7. The number of aryl methyl sites for hydroxylation is 1. The number of carbonyl (C=O) groups is 1. The number of ether oxygens (including phenoxy) is 1. The Labute approximate surface area is 156 Å². The van der Waals surface area contributed by atoms with E-state index in [1.54, 1.807) is 11.3 Å². The van der Waals surface area contributed by atoms with Crippen LogP contribution in [0.1, 0.15) is 12.6 Å². The van der Waals surface area contributed by atoms with Crippen molar-refractivity contribution in [1.29, 1.82) is 0 Å². The van der Waals surface area contributed by atoms with Crippen molar-refractivity contribution < 1.29 is 9.53 Å². The maximum absolute atomic E-state index is 12.0. The van der Waals surface area contributed by atoms with Gasteiger partial charge in [-0.2, -0.15) is 5.10 Å². The molecule has 3 aromatic rings. The van der Waals surface area contributed by atoms with E-state index in [0.717, 1.165) is 27.7 Å². The number of hydrogen-bond acceptors (Lipinski definition) is 4. The first kappa shape index (κ1) is 18.0. The summed E-state index contributed by atoms with van der Waals surface area (Å²) >= 11 is 1.67. The van der Waals surface area contributed by atoms with E-state index < -0.39 is 0 Å². The molecule has 7 heteroatoms. The number of nitrogens with one attached hydrogen (secondary N) is 2. The van der Waals surface area contributed by atoms with Crippen molar-refractivity contribution in [3.63, 3.8) is 0 Å². The van der Waals surface area contributed by atoms with Crippen molar-refractivity contribution in [1.82, 2.24) is 15.1 Å². The average Bonchev–Trinajstić information content (AvgIpc) is 3.27. The molecule has 3 rings (SSSR count). The van der Waals surface area contributed by atoms with E-state index in [2.05, 4.69) is 27.9 Å². The van der Waals surface area contributed by atoms with Crippen LogP contribution in [0.25, 0.3) is 10.6 Å². The molecule has 26 heavy (non-hydrogen) atoms. The number of benzene rings is 1. The molecule has 0 bridgehead atoms. The highest BCUT2D eigenvalue weighted by Crippen LogP contribution is 2.23. The van der Waals surface area contributed by atoms with Gasteiger partial charge in [-0.3, -0.25) is 4.68 Å². The number of anilines is 1. The molecule has 0 fully saturated rings. The normalized spacial score (nSPS) is 10.5. The Morgan fingerprint density at radius 2 is 2.08 bits per heavy atom. The summed E-state index contributed by atoms with van der Waals surface area (Å²) in [5.41, 5.74) is 2.76. The molecule has 6 nitrogen and oxygen atoms in total. The van der Waals surface area contributed by atoms with E-state index in [4.69, 9.17) is 4.74 Å². The fourth-order valence-corrected chi connectivity index (χ4v) is 3.21. The van der Waals surface area contributed by atoms with Crippen LogP contribution in [-0.4, -0.2) is 29.0 Å². The summed E-state index contributed by atoms with van der Waals surface area (Å²) in [7, 11) is 0. The number of hydrogen-bond donors (Lipinski definition) is 2. The van der Waals surface area contributed by atoms with Gasteiger partial charge in [-0.15, -0.1) is 11.3 Å². The van der Waals surface area contributed by atoms with Crippen LogP contribution in [0, 0.1) is 6.92 Å². The van der Waals surface area contributed by atoms with Gasteiger partial charge in [0.1, 0.15) is 11.4 Å². The Morgan fingerprint density at radius 3 is 2.77 bits per heavy atom. The second kappa shape index (κ2) is 8.53. The molecule has 1 aromatic carbocycles. The highest BCUT2D eigenvalue weighted by atomic mass is 32.1. The van der Waals surface area contributed by atoms with Crippen molar-refractivity contribution in [3.8, 4) is 16.3 Å². The molecule has 0 aliphatic heterocycles. The molecule has 0 saturated heterocycles. The molecule has 0 saturated carbocycles. The molecule has 2 heterocycles. The lowest BCUT2D eigenvalue weighted by Crippen LogP contribution is -2.31. The molecule has 2 amide bonds. The van der Waals surface area contributed by atoms with Gasteiger partial charge < -0.3 is 15.4 Å². The van der Waals surface area contributed by atoms with Gasteiger partial charge in [0.05, 0.1) is 18.0 Å². The molecule has 0 spiro atoms. The van der Waals surface area contributed by atoms with E-state index in [1.165, 1.54) is 0 Å². The second-order valence-corrected chi connectivity index (χ2v) is 6.66. The third-order valence-corrected chi connectivity index (χ3v) is 4.68. The van der Waals surface area contributed by atoms with Gasteiger partial charge in [-0.05, 0) is 55.6 Å². The second-order valence-electron chi connectivity index (χ2n) is 5.71. The third kappa shape index (κ3) is 4.64. The first-order valence-corrected chi connectivity index (χ1v) is 9.39. The Bertz CT molecular complexity index is 841. The van der Waals surface area contributed by atoms with Gasteiger partial charge in [0.15, 0.2) is 0 Å². The Balaban J connectivity index is 1.48. The summed E-state index contributed by atoms with van der Waals surface area (Å²) in [4.78, 5) is 13.2. The van der Waals surface area contributed by atoms with E-state index in [0.29, 0.717) is 19.7 Å². The van der Waals surface area contributed by atoms with Gasteiger partial charge in [0.2, 0.25) is 0 Å². The maximum atomic E-state index is 12.0. The van der Waals surface area contributed by atoms with Crippen molar-refractivity contribution in [2.75, 3.05) is 18.5 Å². The molecular formula is C19H22N4O2S. The predicted molar refractivity (Wildman–Crippen MR) is 105 cm³/mol. The molecule has 2 aromatic heterocycles. The van der Waals surface area contributed by atoms with Crippen LogP contribution < -0.4 is 15.4 Å². The minimum Gasteiger partial charge on any atom is -0.494 e. The number of aromatic nitrogens is 2. The quantitative estimate of drug-likeness (QED) is 0.657. The molecule has 0 atom stereocenters. The third-order valence-electron chi connectivity index (χ3n) is 3.79. The Morgan fingerprint density at radius 1 is 1.27 bits per heavy atom. The van der Waals surface area contributed by atoms with E-state index in [-0.39, 0.29) is 6.03 Å². The summed E-state index contributed by atoms with van der Waals surface area (Å²) in [6.07, 6.45) is 0. The van der Waals surface area contributed by atoms with Crippen molar-refractivity contribution in [3.05, 3.63) is 53.5 Å². The smallest absolute Gasteiger partial charge is 0.319 e. The van der Waals surface area contributed by atoms with Crippen LogP contribution in [0.4, 0.5) is 10.5 Å². The van der Waals surface area contributed by atoms with E-state index >= 15 is 0 Å². The molecule has 0 unspecified atom stereocenters. The topological polar surface area (TPSA) is 68.2 Å². The standard InChI is InChI=1S/C19H22N4O2S/c1-3-25-16-8-6-15(7-9-16)21-19(24)20-10-11-23-14(2)13-17(22-23)18-5-4-12-26-18/h4-9,12-13H,3,10-11H2,1-2H3,(H2,20,21,24). The number of thiophene rings is 1. The van der Waals surface area contributed by atoms with Gasteiger partial charge in [0.25, 0.3) is 0 Å². The zero-order chi connectivity index (χ0) is 18.4. The summed E-state index contributed by atoms with van der Waals surface area (Å²) in [5, 5.41) is 12.3. The molecule has 2 N–H and O–H groups in total. The molecule has 0 radical (unpaired) electrons. The van der Waals surface area contributed by atoms with Crippen LogP contribution in [-0.2, 0) is 6.54 Å². The zero-order valence-electron chi connectivity index (χ0n) is 14.9. The zero-order valence-corrected chi connectivity index (χ0v) is 15.7. The van der Waals surface area contributed by atoms with E-state index in [1.807, 2.05) is 54.2 Å². The van der Waals surface area contributed by atoms with Crippen LogP contribution >= 0.6 is 11.3 Å². The van der Waals surface area contributed by atoms with Crippen LogP contribution in [0.3, 0.4) is 0 Å². The average molecular weight is 370 g/mol. The van der Waals surface area contributed by atoms with Gasteiger partial charge in [-0.1, -0.05) is 6.07 Å². The van der Waals surface area contributed by atoms with Crippen molar-refractivity contribution >= 4 is 23.1 Å². The van der Waals surface area contributed by atoms with Crippen molar-refractivity contribution in [2.45, 2.75) is 20.4 Å². The van der Waals surface area contributed by atoms with Crippen LogP contribution in [0.2, 0.25) is 0 Å². The number of amides is 2. The lowest BCUT2D eigenvalue weighted by Gasteiger charge is -2.09. The molecular weight excluding hydrogens is 348 g/mol. The predicted octanol–water partition coefficient (Wildman–Crippen LogP) is 4.14. The summed E-state index contributed by atoms with van der Waals surface area (Å²) in [6.45, 7) is 5.69. The fourth-order valence-electron chi connectivity index (χ4n) is 2.53. The number of rotatable bonds is 7. The summed E-state index contributed by atoms with van der Waals surface area (Å²) in [6, 6.07) is 13.2. The Kier molecular flexibility index (Phi) is 5.91. The first-order valence-electron chi connectivity index (χ1n) is 8.51. The van der Waals surface area contributed by atoms with Crippen LogP contribution in [0.15, 0.2) is 47.8 Å². The largest absolute Gasteiger partial charge is 0.494 e. The lowest BCUT2D eigenvalue weighted by atomic mass is 10.3. The minimum absolute atomic E-state index is 0.238. The minimum atomic E-state index is -0.238. The summed E-state index contributed by atoms with van der Waals surface area (Å²) in [5.74, 6) is 0.786. The van der Waals surface area contributed by atoms with Gasteiger partial charge >= 0.3 is 6.03 Å². The highest BCUT2D eigenvalue weighted by Gasteiger charge is 2.08. The number of urea groups is 1. The monoisotopic (exact) mass is 370 g/mol. The molecule has 0 aliphatic carbocycles. The van der Waals surface area contributed by atoms with Gasteiger partial charge in [0, 0.05) is 17.9 Å². The maximum Gasteiger partial charge on any atom is 0.319 e. The van der Waals surface area contributed by atoms with Crippen LogP contribution in [0.5, 0.6) is 5.75 Å². The number of carbonyl (C=O) groups excluding carboxylic acids is 1. The molecule has 136 valence electrons. The summed E-state index contributed by atoms with van der Waals surface area (Å²) < 4.78 is 7.29. The highest BCUT2D eigenvalue weighted by molar-refractivity contribution is 7.13. The van der Waals surface area contributed by atoms with Gasteiger partial charge in [-0.25, -0.2) is 4.79 Å². The number of nitrogens with zero attached hydrogens (tertiary/aromatic N) is 2. The Hall–Kier alpha value is -2.80. The fraction of sp³-hybridized carbons (Fsp3) is 0.263. The van der Waals surface area contributed by atoms with Crippen molar-refractivity contribution in [2.24, 2.45) is 0 Å². The SMILES string of the molecule is CCOc1ccc(NC(=O)NCCn2nc(-c3cccs3)cc2C)cc1. The lowest BCUT2D eigenvalue weighted by molar-refractivity contribution is 0.251. The molecule has 0 aliphatic rings. The van der Waals surface area contributed by atoms with E-state index in [9.17, 15) is 4.79 Å².